The first kappa shape index (κ1) is 9.14. The SMILES string of the molecule is CC(C)O[SiH]OC(C)C. The summed E-state index contributed by atoms with van der Waals surface area (Å²) in [4.78, 5) is 0. The molecule has 1 radical (unpaired) electrons. The summed E-state index contributed by atoms with van der Waals surface area (Å²) in [5.41, 5.74) is 0. The van der Waals surface area contributed by atoms with Crippen molar-refractivity contribution in [2.24, 2.45) is 0 Å². The average Bonchev–Trinajstić information content (AvgIpc) is 1.63. The van der Waals surface area contributed by atoms with Crippen LogP contribution in [0.4, 0.5) is 0 Å². The monoisotopic (exact) mass is 147 g/mol. The fraction of sp³-hybridized carbons (Fsp3) is 1.00. The summed E-state index contributed by atoms with van der Waals surface area (Å²) in [5.74, 6) is 0. The first-order chi connectivity index (χ1) is 4.13. The molecule has 0 N–H and O–H groups in total. The van der Waals surface area contributed by atoms with E-state index < -0.39 is 0 Å². The van der Waals surface area contributed by atoms with Gasteiger partial charge in [-0.3, -0.25) is 0 Å². The molecule has 9 heavy (non-hydrogen) atoms. The normalized spacial score (nSPS) is 11.3. The lowest BCUT2D eigenvalue weighted by molar-refractivity contribution is 0.152. The number of rotatable bonds is 4. The lowest BCUT2D eigenvalue weighted by Gasteiger charge is -2.08. The van der Waals surface area contributed by atoms with Crippen molar-refractivity contribution < 1.29 is 8.85 Å². The molecule has 0 aliphatic rings. The van der Waals surface area contributed by atoms with E-state index in [1.165, 1.54) is 0 Å². The minimum atomic E-state index is -0.245. The molecule has 0 aliphatic heterocycles. The second-order valence-electron chi connectivity index (χ2n) is 2.47. The van der Waals surface area contributed by atoms with Gasteiger partial charge in [-0.1, -0.05) is 0 Å². The summed E-state index contributed by atoms with van der Waals surface area (Å²) in [5, 5.41) is 0. The van der Waals surface area contributed by atoms with Gasteiger partial charge in [-0.05, 0) is 27.7 Å². The van der Waals surface area contributed by atoms with Crippen molar-refractivity contribution in [3.63, 3.8) is 0 Å². The van der Waals surface area contributed by atoms with E-state index in [4.69, 9.17) is 8.85 Å². The fourth-order valence-electron chi connectivity index (χ4n) is 0.254. The molecule has 3 heteroatoms. The van der Waals surface area contributed by atoms with Gasteiger partial charge >= 0.3 is 10.0 Å². The molecule has 0 aromatic carbocycles. The summed E-state index contributed by atoms with van der Waals surface area (Å²) < 4.78 is 10.4. The smallest absolute Gasteiger partial charge is 0.365 e. The summed E-state index contributed by atoms with van der Waals surface area (Å²) in [7, 11) is -0.245. The van der Waals surface area contributed by atoms with Crippen LogP contribution in [0, 0.1) is 0 Å². The van der Waals surface area contributed by atoms with Crippen molar-refractivity contribution in [1.29, 1.82) is 0 Å². The first-order valence-electron chi connectivity index (χ1n) is 3.25. The minimum absolute atomic E-state index is 0.245. The lowest BCUT2D eigenvalue weighted by atomic mass is 10.5. The Balaban J connectivity index is 2.91. The Morgan fingerprint density at radius 1 is 0.889 bits per heavy atom. The summed E-state index contributed by atoms with van der Waals surface area (Å²) >= 11 is 0. The van der Waals surface area contributed by atoms with Crippen LogP contribution in [0.25, 0.3) is 0 Å². The van der Waals surface area contributed by atoms with Gasteiger partial charge in [0, 0.05) is 12.2 Å². The standard InChI is InChI=1S/C6H15O2Si/c1-5(2)7-9-8-6(3)4/h5-6,9H,1-4H3. The molecule has 0 aliphatic carbocycles. The Morgan fingerprint density at radius 3 is 1.44 bits per heavy atom. The van der Waals surface area contributed by atoms with Gasteiger partial charge in [0.25, 0.3) is 0 Å². The third kappa shape index (κ3) is 8.14. The maximum Gasteiger partial charge on any atom is 0.365 e. The highest BCUT2D eigenvalue weighted by atomic mass is 28.3. The fourth-order valence-corrected chi connectivity index (χ4v) is 0.763. The van der Waals surface area contributed by atoms with Gasteiger partial charge in [0.1, 0.15) is 0 Å². The van der Waals surface area contributed by atoms with E-state index in [0.29, 0.717) is 12.2 Å². The number of hydrogen-bond acceptors (Lipinski definition) is 2. The van der Waals surface area contributed by atoms with Crippen LogP contribution in [0.15, 0.2) is 0 Å². The molecule has 0 atom stereocenters. The quantitative estimate of drug-likeness (QED) is 0.554. The van der Waals surface area contributed by atoms with E-state index in [0.717, 1.165) is 0 Å². The Labute approximate surface area is 59.6 Å². The van der Waals surface area contributed by atoms with E-state index in [9.17, 15) is 0 Å². The van der Waals surface area contributed by atoms with Crippen molar-refractivity contribution >= 4 is 10.0 Å². The van der Waals surface area contributed by atoms with Crippen molar-refractivity contribution in [2.75, 3.05) is 0 Å². The van der Waals surface area contributed by atoms with Gasteiger partial charge in [0.15, 0.2) is 0 Å². The Bertz CT molecular complexity index is 56.1. The third-order valence-electron chi connectivity index (χ3n) is 0.655. The zero-order valence-electron chi connectivity index (χ0n) is 6.55. The average molecular weight is 147 g/mol. The third-order valence-corrected chi connectivity index (χ3v) is 1.97. The molecule has 0 aromatic heterocycles. The summed E-state index contributed by atoms with van der Waals surface area (Å²) in [6.07, 6.45) is 0.609. The predicted molar refractivity (Wildman–Crippen MR) is 39.6 cm³/mol. The Morgan fingerprint density at radius 2 is 1.22 bits per heavy atom. The van der Waals surface area contributed by atoms with Crippen molar-refractivity contribution in [3.8, 4) is 0 Å². The molecule has 55 valence electrons. The van der Waals surface area contributed by atoms with Crippen LogP contribution >= 0.6 is 0 Å². The molecule has 0 bridgehead atoms. The van der Waals surface area contributed by atoms with E-state index in [1.807, 2.05) is 27.7 Å². The molecule has 0 heterocycles. The van der Waals surface area contributed by atoms with Crippen LogP contribution < -0.4 is 0 Å². The zero-order chi connectivity index (χ0) is 7.28. The van der Waals surface area contributed by atoms with Crippen LogP contribution in [-0.2, 0) is 8.85 Å². The Hall–Kier alpha value is 0.137. The Kier molecular flexibility index (Phi) is 5.04. The summed E-state index contributed by atoms with van der Waals surface area (Å²) in [6, 6.07) is 0. The molecule has 0 fully saturated rings. The molecule has 0 spiro atoms. The molecule has 0 unspecified atom stereocenters. The van der Waals surface area contributed by atoms with Gasteiger partial charge in [0.2, 0.25) is 0 Å². The minimum Gasteiger partial charge on any atom is -0.393 e. The summed E-state index contributed by atoms with van der Waals surface area (Å²) in [6.45, 7) is 8.04. The molecule has 0 aromatic rings. The maximum atomic E-state index is 5.21. The van der Waals surface area contributed by atoms with Crippen LogP contribution in [0.1, 0.15) is 27.7 Å². The largest absolute Gasteiger partial charge is 0.393 e. The molecule has 0 rings (SSSR count). The first-order valence-corrected chi connectivity index (χ1v) is 4.20. The highest BCUT2D eigenvalue weighted by Crippen LogP contribution is 1.89. The van der Waals surface area contributed by atoms with E-state index in [2.05, 4.69) is 0 Å². The highest BCUT2D eigenvalue weighted by Gasteiger charge is 1.96. The van der Waals surface area contributed by atoms with Crippen LogP contribution in [0.2, 0.25) is 0 Å². The van der Waals surface area contributed by atoms with E-state index in [-0.39, 0.29) is 10.0 Å². The van der Waals surface area contributed by atoms with Crippen molar-refractivity contribution in [1.82, 2.24) is 0 Å². The van der Waals surface area contributed by atoms with Gasteiger partial charge in [-0.2, -0.15) is 0 Å². The molecule has 0 amide bonds. The van der Waals surface area contributed by atoms with E-state index in [1.54, 1.807) is 0 Å². The van der Waals surface area contributed by atoms with Gasteiger partial charge < -0.3 is 8.85 Å². The van der Waals surface area contributed by atoms with Gasteiger partial charge in [0.05, 0.1) is 0 Å². The van der Waals surface area contributed by atoms with Gasteiger partial charge in [-0.25, -0.2) is 0 Å². The molecule has 0 saturated heterocycles. The topological polar surface area (TPSA) is 18.5 Å². The van der Waals surface area contributed by atoms with Crippen LogP contribution in [-0.4, -0.2) is 22.2 Å². The van der Waals surface area contributed by atoms with Crippen molar-refractivity contribution in [2.45, 2.75) is 39.9 Å². The molecule has 2 nitrogen and oxygen atoms in total. The molecular weight excluding hydrogens is 132 g/mol. The van der Waals surface area contributed by atoms with Gasteiger partial charge in [-0.15, -0.1) is 0 Å². The number of hydrogen-bond donors (Lipinski definition) is 0. The molecule has 0 saturated carbocycles. The molecular formula is C6H15O2Si. The van der Waals surface area contributed by atoms with E-state index >= 15 is 0 Å². The second kappa shape index (κ2) is 4.96. The highest BCUT2D eigenvalue weighted by molar-refractivity contribution is 6.18. The lowest BCUT2D eigenvalue weighted by Crippen LogP contribution is -2.14. The van der Waals surface area contributed by atoms with Crippen molar-refractivity contribution in [3.05, 3.63) is 0 Å². The maximum absolute atomic E-state index is 5.21. The van der Waals surface area contributed by atoms with Crippen LogP contribution in [0.5, 0.6) is 0 Å². The van der Waals surface area contributed by atoms with Crippen LogP contribution in [0.3, 0.4) is 0 Å². The second-order valence-corrected chi connectivity index (χ2v) is 3.20. The predicted octanol–water partition coefficient (Wildman–Crippen LogP) is 1.10. The zero-order valence-corrected chi connectivity index (χ0v) is 7.70.